The van der Waals surface area contributed by atoms with Gasteiger partial charge in [-0.3, -0.25) is 9.69 Å². The summed E-state index contributed by atoms with van der Waals surface area (Å²) in [5.41, 5.74) is 0.538. The molecule has 1 amide bonds. The molecule has 1 aromatic rings. The standard InChI is InChI=1S/C15H19FN2O/c16-12-6-4-11(5-7-12)15(19)17-13-8-10-18-9-2-1-3-14(13)18/h4-7,13-14H,1-3,8-10H2,(H,17,19)/t13-,14+/m1/s1. The first kappa shape index (κ1) is 12.6. The third kappa shape index (κ3) is 2.63. The van der Waals surface area contributed by atoms with Gasteiger partial charge in [-0.05, 0) is 50.1 Å². The summed E-state index contributed by atoms with van der Waals surface area (Å²) < 4.78 is 12.8. The normalized spacial score (nSPS) is 27.0. The number of halogens is 1. The Morgan fingerprint density at radius 1 is 1.16 bits per heavy atom. The summed E-state index contributed by atoms with van der Waals surface area (Å²) in [7, 11) is 0. The molecule has 19 heavy (non-hydrogen) atoms. The van der Waals surface area contributed by atoms with Crippen LogP contribution in [0, 0.1) is 5.82 Å². The number of carbonyl (C=O) groups excluding carboxylic acids is 1. The van der Waals surface area contributed by atoms with Gasteiger partial charge in [0.25, 0.3) is 5.91 Å². The number of carbonyl (C=O) groups is 1. The van der Waals surface area contributed by atoms with Crippen molar-refractivity contribution in [1.29, 1.82) is 0 Å². The Morgan fingerprint density at radius 2 is 1.95 bits per heavy atom. The molecule has 2 aliphatic heterocycles. The maximum absolute atomic E-state index is 12.8. The third-order valence-corrected chi connectivity index (χ3v) is 4.28. The van der Waals surface area contributed by atoms with E-state index in [0.717, 1.165) is 19.5 Å². The van der Waals surface area contributed by atoms with Crippen molar-refractivity contribution in [2.75, 3.05) is 13.1 Å². The van der Waals surface area contributed by atoms with Crippen molar-refractivity contribution >= 4 is 5.91 Å². The lowest BCUT2D eigenvalue weighted by Gasteiger charge is -2.32. The van der Waals surface area contributed by atoms with Crippen LogP contribution in [0.3, 0.4) is 0 Å². The van der Waals surface area contributed by atoms with Gasteiger partial charge in [-0.15, -0.1) is 0 Å². The zero-order valence-electron chi connectivity index (χ0n) is 10.9. The molecule has 0 unspecified atom stereocenters. The molecule has 1 aromatic carbocycles. The fraction of sp³-hybridized carbons (Fsp3) is 0.533. The van der Waals surface area contributed by atoms with Crippen molar-refractivity contribution in [3.05, 3.63) is 35.6 Å². The number of nitrogens with zero attached hydrogens (tertiary/aromatic N) is 1. The van der Waals surface area contributed by atoms with Gasteiger partial charge in [-0.1, -0.05) is 6.42 Å². The van der Waals surface area contributed by atoms with Crippen molar-refractivity contribution in [3.63, 3.8) is 0 Å². The van der Waals surface area contributed by atoms with Crippen molar-refractivity contribution in [3.8, 4) is 0 Å². The lowest BCUT2D eigenvalue weighted by molar-refractivity contribution is 0.0915. The number of benzene rings is 1. The van der Waals surface area contributed by atoms with E-state index in [-0.39, 0.29) is 17.8 Å². The van der Waals surface area contributed by atoms with Gasteiger partial charge >= 0.3 is 0 Å². The van der Waals surface area contributed by atoms with E-state index in [2.05, 4.69) is 10.2 Å². The van der Waals surface area contributed by atoms with Gasteiger partial charge < -0.3 is 5.32 Å². The second-order valence-electron chi connectivity index (χ2n) is 5.47. The zero-order valence-corrected chi connectivity index (χ0v) is 10.9. The number of nitrogens with one attached hydrogen (secondary N) is 1. The van der Waals surface area contributed by atoms with Gasteiger partial charge in [0.15, 0.2) is 0 Å². The molecule has 0 spiro atoms. The molecule has 3 rings (SSSR count). The Bertz CT molecular complexity index is 460. The zero-order chi connectivity index (χ0) is 13.2. The second kappa shape index (κ2) is 5.29. The number of amides is 1. The third-order valence-electron chi connectivity index (χ3n) is 4.28. The van der Waals surface area contributed by atoms with Crippen molar-refractivity contribution < 1.29 is 9.18 Å². The molecular weight excluding hydrogens is 243 g/mol. The van der Waals surface area contributed by atoms with Gasteiger partial charge in [0, 0.05) is 24.2 Å². The monoisotopic (exact) mass is 262 g/mol. The van der Waals surface area contributed by atoms with Crippen LogP contribution in [0.2, 0.25) is 0 Å². The topological polar surface area (TPSA) is 32.3 Å². The van der Waals surface area contributed by atoms with Crippen molar-refractivity contribution in [2.24, 2.45) is 0 Å². The molecule has 2 saturated heterocycles. The summed E-state index contributed by atoms with van der Waals surface area (Å²) >= 11 is 0. The van der Waals surface area contributed by atoms with E-state index >= 15 is 0 Å². The van der Waals surface area contributed by atoms with Crippen LogP contribution in [0.25, 0.3) is 0 Å². The molecule has 2 atom stereocenters. The first-order valence-electron chi connectivity index (χ1n) is 7.04. The van der Waals surface area contributed by atoms with Crippen molar-refractivity contribution in [1.82, 2.24) is 10.2 Å². The van der Waals surface area contributed by atoms with Crippen LogP contribution in [-0.2, 0) is 0 Å². The summed E-state index contributed by atoms with van der Waals surface area (Å²) in [5, 5.41) is 3.11. The molecule has 0 saturated carbocycles. The van der Waals surface area contributed by atoms with Gasteiger partial charge in [-0.2, -0.15) is 0 Å². The molecule has 3 nitrogen and oxygen atoms in total. The lowest BCUT2D eigenvalue weighted by Crippen LogP contribution is -2.46. The predicted octanol–water partition coefficient (Wildman–Crippen LogP) is 2.18. The van der Waals surface area contributed by atoms with E-state index in [9.17, 15) is 9.18 Å². The quantitative estimate of drug-likeness (QED) is 0.886. The Kier molecular flexibility index (Phi) is 3.51. The highest BCUT2D eigenvalue weighted by Crippen LogP contribution is 2.27. The van der Waals surface area contributed by atoms with E-state index in [0.29, 0.717) is 11.6 Å². The van der Waals surface area contributed by atoms with E-state index in [1.165, 1.54) is 43.5 Å². The Labute approximate surface area is 112 Å². The fourth-order valence-electron chi connectivity index (χ4n) is 3.27. The molecule has 0 aromatic heterocycles. The number of piperidine rings is 1. The number of rotatable bonds is 2. The minimum atomic E-state index is -0.309. The molecule has 4 heteroatoms. The average Bonchev–Trinajstić information content (AvgIpc) is 2.83. The van der Waals surface area contributed by atoms with Gasteiger partial charge in [-0.25, -0.2) is 4.39 Å². The van der Waals surface area contributed by atoms with E-state index < -0.39 is 0 Å². The van der Waals surface area contributed by atoms with Gasteiger partial charge in [0.05, 0.1) is 0 Å². The fourth-order valence-corrected chi connectivity index (χ4v) is 3.27. The van der Waals surface area contributed by atoms with Crippen LogP contribution in [-0.4, -0.2) is 36.0 Å². The molecule has 0 radical (unpaired) electrons. The summed E-state index contributed by atoms with van der Waals surface area (Å²) in [4.78, 5) is 14.6. The lowest BCUT2D eigenvalue weighted by atomic mass is 9.99. The maximum atomic E-state index is 12.8. The first-order chi connectivity index (χ1) is 9.24. The van der Waals surface area contributed by atoms with E-state index in [4.69, 9.17) is 0 Å². The molecule has 2 fully saturated rings. The number of fused-ring (bicyclic) bond motifs is 1. The largest absolute Gasteiger partial charge is 0.348 e. The molecular formula is C15H19FN2O. The van der Waals surface area contributed by atoms with Gasteiger partial charge in [0.1, 0.15) is 5.82 Å². The van der Waals surface area contributed by atoms with Crippen LogP contribution in [0.5, 0.6) is 0 Å². The molecule has 1 N–H and O–H groups in total. The highest BCUT2D eigenvalue weighted by atomic mass is 19.1. The van der Waals surface area contributed by atoms with E-state index in [1.54, 1.807) is 0 Å². The Balaban J connectivity index is 1.65. The van der Waals surface area contributed by atoms with Crippen LogP contribution in [0.4, 0.5) is 4.39 Å². The number of hydrogen-bond donors (Lipinski definition) is 1. The minimum absolute atomic E-state index is 0.0857. The van der Waals surface area contributed by atoms with Gasteiger partial charge in [0.2, 0.25) is 0 Å². The molecule has 0 bridgehead atoms. The predicted molar refractivity (Wildman–Crippen MR) is 71.5 cm³/mol. The summed E-state index contributed by atoms with van der Waals surface area (Å²) in [6.07, 6.45) is 4.73. The van der Waals surface area contributed by atoms with Crippen LogP contribution < -0.4 is 5.32 Å². The summed E-state index contributed by atoms with van der Waals surface area (Å²) in [5.74, 6) is -0.395. The number of hydrogen-bond acceptors (Lipinski definition) is 2. The molecule has 0 aliphatic carbocycles. The smallest absolute Gasteiger partial charge is 0.251 e. The van der Waals surface area contributed by atoms with Crippen LogP contribution in [0.15, 0.2) is 24.3 Å². The second-order valence-corrected chi connectivity index (χ2v) is 5.47. The van der Waals surface area contributed by atoms with Crippen LogP contribution in [0.1, 0.15) is 36.0 Å². The summed E-state index contributed by atoms with van der Waals surface area (Å²) in [6, 6.07) is 6.49. The molecule has 102 valence electrons. The van der Waals surface area contributed by atoms with E-state index in [1.807, 2.05) is 0 Å². The highest BCUT2D eigenvalue weighted by molar-refractivity contribution is 5.94. The average molecular weight is 262 g/mol. The minimum Gasteiger partial charge on any atom is -0.348 e. The van der Waals surface area contributed by atoms with Crippen LogP contribution >= 0.6 is 0 Å². The molecule has 2 heterocycles. The SMILES string of the molecule is O=C(N[C@@H]1CCN2CCCC[C@@H]12)c1ccc(F)cc1. The Morgan fingerprint density at radius 3 is 2.74 bits per heavy atom. The maximum Gasteiger partial charge on any atom is 0.251 e. The summed E-state index contributed by atoms with van der Waals surface area (Å²) in [6.45, 7) is 2.24. The highest BCUT2D eigenvalue weighted by Gasteiger charge is 2.36. The Hall–Kier alpha value is -1.42. The molecule has 2 aliphatic rings. The van der Waals surface area contributed by atoms with Crippen molar-refractivity contribution in [2.45, 2.75) is 37.8 Å². The first-order valence-corrected chi connectivity index (χ1v) is 7.04.